The molecule has 0 atom stereocenters. The average molecular weight is 302 g/mol. The molecular formula is C8H6F4N2O6-2. The van der Waals surface area contributed by atoms with E-state index in [2.05, 4.69) is 0 Å². The first-order chi connectivity index (χ1) is 8.94. The van der Waals surface area contributed by atoms with Crippen LogP contribution in [-0.4, -0.2) is 48.7 Å². The molecule has 0 saturated heterocycles. The van der Waals surface area contributed by atoms with Crippen LogP contribution in [0.1, 0.15) is 0 Å². The zero-order valence-corrected chi connectivity index (χ0v) is 9.38. The van der Waals surface area contributed by atoms with Crippen molar-refractivity contribution in [3.8, 4) is 0 Å². The molecule has 0 spiro atoms. The molecule has 0 aliphatic rings. The summed E-state index contributed by atoms with van der Waals surface area (Å²) in [5.74, 6) is -20.2. The van der Waals surface area contributed by atoms with E-state index in [0.717, 1.165) is 0 Å². The minimum Gasteiger partial charge on any atom is -0.543 e. The molecule has 0 aromatic heterocycles. The lowest BCUT2D eigenvalue weighted by molar-refractivity contribution is -0.326. The van der Waals surface area contributed by atoms with Gasteiger partial charge in [0, 0.05) is 13.1 Å². The number of hydrogen-bond acceptors (Lipinski definition) is 6. The minimum absolute atomic E-state index is 0.851. The Morgan fingerprint density at radius 3 is 1.20 bits per heavy atom. The first-order valence-electron chi connectivity index (χ1n) is 4.69. The van der Waals surface area contributed by atoms with Gasteiger partial charge in [0.15, 0.2) is 0 Å². The van der Waals surface area contributed by atoms with Crippen LogP contribution in [-0.2, 0) is 19.2 Å². The summed E-state index contributed by atoms with van der Waals surface area (Å²) in [5.41, 5.74) is 0. The van der Waals surface area contributed by atoms with Gasteiger partial charge in [-0.1, -0.05) is 0 Å². The van der Waals surface area contributed by atoms with Crippen LogP contribution in [0.25, 0.3) is 0 Å². The molecule has 0 aliphatic heterocycles. The third-order valence-electron chi connectivity index (χ3n) is 1.78. The van der Waals surface area contributed by atoms with Crippen LogP contribution < -0.4 is 20.8 Å². The van der Waals surface area contributed by atoms with Crippen molar-refractivity contribution >= 4 is 23.8 Å². The summed E-state index contributed by atoms with van der Waals surface area (Å²) in [6.07, 6.45) is 0. The number of amides is 2. The first kappa shape index (κ1) is 17.6. The summed E-state index contributed by atoms with van der Waals surface area (Å²) in [6, 6.07) is 0. The Morgan fingerprint density at radius 1 is 0.750 bits per heavy atom. The van der Waals surface area contributed by atoms with Gasteiger partial charge in [-0.3, -0.25) is 9.59 Å². The van der Waals surface area contributed by atoms with Gasteiger partial charge in [0.1, 0.15) is 11.9 Å². The second-order valence-electron chi connectivity index (χ2n) is 3.24. The fourth-order valence-electron chi connectivity index (χ4n) is 0.759. The molecule has 20 heavy (non-hydrogen) atoms. The fourth-order valence-corrected chi connectivity index (χ4v) is 0.759. The lowest BCUT2D eigenvalue weighted by atomic mass is 10.3. The molecule has 0 aromatic carbocycles. The molecule has 0 rings (SSSR count). The monoisotopic (exact) mass is 302 g/mol. The molecule has 12 heteroatoms. The van der Waals surface area contributed by atoms with Gasteiger partial charge in [-0.05, 0) is 0 Å². The summed E-state index contributed by atoms with van der Waals surface area (Å²) in [7, 11) is 0. The van der Waals surface area contributed by atoms with Gasteiger partial charge < -0.3 is 30.4 Å². The van der Waals surface area contributed by atoms with Gasteiger partial charge in [-0.2, -0.15) is 17.6 Å². The second-order valence-corrected chi connectivity index (χ2v) is 3.24. The summed E-state index contributed by atoms with van der Waals surface area (Å²) in [4.78, 5) is 40.9. The Labute approximate surface area is 107 Å². The van der Waals surface area contributed by atoms with Crippen LogP contribution in [0.15, 0.2) is 0 Å². The van der Waals surface area contributed by atoms with Crippen molar-refractivity contribution in [2.75, 3.05) is 13.1 Å². The molecule has 0 bridgehead atoms. The highest BCUT2D eigenvalue weighted by Crippen LogP contribution is 2.12. The number of carbonyl (C=O) groups is 4. The number of carboxylic acids is 2. The zero-order chi connectivity index (χ0) is 16.1. The number of carbonyl (C=O) groups excluding carboxylic acids is 4. The highest BCUT2D eigenvalue weighted by atomic mass is 19.3. The second kappa shape index (κ2) is 6.16. The molecule has 0 heterocycles. The van der Waals surface area contributed by atoms with Crippen molar-refractivity contribution in [3.63, 3.8) is 0 Å². The maximum atomic E-state index is 12.5. The number of carboxylic acid groups (broad SMARTS) is 2. The molecule has 0 aromatic rings. The molecule has 2 amide bonds. The van der Waals surface area contributed by atoms with Crippen molar-refractivity contribution in [1.82, 2.24) is 10.6 Å². The van der Waals surface area contributed by atoms with E-state index in [1.165, 1.54) is 10.6 Å². The van der Waals surface area contributed by atoms with Gasteiger partial charge in [-0.15, -0.1) is 0 Å². The van der Waals surface area contributed by atoms with E-state index in [9.17, 15) is 47.0 Å². The van der Waals surface area contributed by atoms with Crippen LogP contribution in [0.5, 0.6) is 0 Å². The van der Waals surface area contributed by atoms with Crippen LogP contribution in [0.3, 0.4) is 0 Å². The summed E-state index contributed by atoms with van der Waals surface area (Å²) in [6.45, 7) is -1.70. The Kier molecular flexibility index (Phi) is 5.42. The molecular weight excluding hydrogens is 296 g/mol. The summed E-state index contributed by atoms with van der Waals surface area (Å²) < 4.78 is 49.8. The molecule has 0 radical (unpaired) electrons. The number of hydrogen-bond donors (Lipinski definition) is 2. The van der Waals surface area contributed by atoms with Crippen molar-refractivity contribution in [1.29, 1.82) is 0 Å². The summed E-state index contributed by atoms with van der Waals surface area (Å²) >= 11 is 0. The predicted octanol–water partition coefficient (Wildman–Crippen LogP) is -4.01. The summed E-state index contributed by atoms with van der Waals surface area (Å²) in [5, 5.41) is 22.3. The van der Waals surface area contributed by atoms with Crippen molar-refractivity contribution < 1.29 is 47.0 Å². The Balaban J connectivity index is 4.24. The van der Waals surface area contributed by atoms with E-state index in [1.54, 1.807) is 0 Å². The van der Waals surface area contributed by atoms with E-state index in [-0.39, 0.29) is 0 Å². The predicted molar refractivity (Wildman–Crippen MR) is 45.9 cm³/mol. The standard InChI is InChI=1S/C8H8F4N2O6/c9-7(10,5(17)18)3(15)13-1-2-14-4(16)8(11,12)6(19)20/h1-2H2,(H,13,15)(H,14,16)(H,17,18)(H,19,20)/p-2. The van der Waals surface area contributed by atoms with Crippen molar-refractivity contribution in [2.45, 2.75) is 11.8 Å². The zero-order valence-electron chi connectivity index (χ0n) is 9.38. The molecule has 0 fully saturated rings. The first-order valence-corrected chi connectivity index (χ1v) is 4.69. The molecule has 0 unspecified atom stereocenters. The van der Waals surface area contributed by atoms with Gasteiger partial charge in [0.2, 0.25) is 0 Å². The van der Waals surface area contributed by atoms with Crippen LogP contribution in [0.2, 0.25) is 0 Å². The van der Waals surface area contributed by atoms with Gasteiger partial charge >= 0.3 is 11.8 Å². The minimum atomic E-state index is -4.83. The smallest absolute Gasteiger partial charge is 0.363 e. The lowest BCUT2D eigenvalue weighted by Crippen LogP contribution is -2.55. The Hall–Kier alpha value is -2.40. The molecule has 114 valence electrons. The van der Waals surface area contributed by atoms with E-state index in [1.807, 2.05) is 0 Å². The van der Waals surface area contributed by atoms with Crippen LogP contribution >= 0.6 is 0 Å². The maximum absolute atomic E-state index is 12.5. The van der Waals surface area contributed by atoms with Gasteiger partial charge in [0.05, 0.1) is 0 Å². The number of aliphatic carboxylic acids is 2. The molecule has 0 aliphatic carbocycles. The van der Waals surface area contributed by atoms with E-state index >= 15 is 0 Å². The lowest BCUT2D eigenvalue weighted by Gasteiger charge is -2.18. The largest absolute Gasteiger partial charge is 0.543 e. The van der Waals surface area contributed by atoms with Crippen LogP contribution in [0, 0.1) is 0 Å². The highest BCUT2D eigenvalue weighted by Gasteiger charge is 2.41. The van der Waals surface area contributed by atoms with Gasteiger partial charge in [0.25, 0.3) is 11.8 Å². The number of halogens is 4. The van der Waals surface area contributed by atoms with Crippen LogP contribution in [0.4, 0.5) is 17.6 Å². The number of nitrogens with one attached hydrogen (secondary N) is 2. The fraction of sp³-hybridized carbons (Fsp3) is 0.500. The third-order valence-corrected chi connectivity index (χ3v) is 1.78. The molecule has 2 N–H and O–H groups in total. The average Bonchev–Trinajstić information content (AvgIpc) is 2.33. The quantitative estimate of drug-likeness (QED) is 0.279. The van der Waals surface area contributed by atoms with Crippen molar-refractivity contribution in [3.05, 3.63) is 0 Å². The Bertz CT molecular complexity index is 399. The molecule has 0 saturated carbocycles. The van der Waals surface area contributed by atoms with E-state index < -0.39 is 48.7 Å². The number of rotatable bonds is 7. The Morgan fingerprint density at radius 2 is 1.00 bits per heavy atom. The third kappa shape index (κ3) is 4.07. The number of alkyl halides is 4. The topological polar surface area (TPSA) is 138 Å². The maximum Gasteiger partial charge on any atom is 0.363 e. The van der Waals surface area contributed by atoms with E-state index in [4.69, 9.17) is 0 Å². The SMILES string of the molecule is O=C([O-])C(F)(F)C(=O)NCCNC(=O)C(F)(F)C(=O)[O-]. The highest BCUT2D eigenvalue weighted by molar-refractivity contribution is 6.03. The normalized spacial score (nSPS) is 11.6. The van der Waals surface area contributed by atoms with Gasteiger partial charge in [-0.25, -0.2) is 0 Å². The molecule has 8 nitrogen and oxygen atoms in total. The van der Waals surface area contributed by atoms with Crippen molar-refractivity contribution in [2.24, 2.45) is 0 Å². The van der Waals surface area contributed by atoms with E-state index in [0.29, 0.717) is 0 Å².